The number of amides is 1. The molecule has 12 heavy (non-hydrogen) atoms. The summed E-state index contributed by atoms with van der Waals surface area (Å²) in [4.78, 5) is 10.3. The Balaban J connectivity index is 3.37. The van der Waals surface area contributed by atoms with Gasteiger partial charge in [0.1, 0.15) is 0 Å². The van der Waals surface area contributed by atoms with Gasteiger partial charge < -0.3 is 10.8 Å². The SMILES string of the molecule is CCC(C)(O)CSCCC(N)=O. The van der Waals surface area contributed by atoms with Crippen LogP contribution in [0.15, 0.2) is 0 Å². The Kier molecular flexibility index (Phi) is 5.33. The van der Waals surface area contributed by atoms with Crippen LogP contribution in [-0.4, -0.2) is 28.1 Å². The summed E-state index contributed by atoms with van der Waals surface area (Å²) < 4.78 is 0. The summed E-state index contributed by atoms with van der Waals surface area (Å²) >= 11 is 1.56. The number of carbonyl (C=O) groups is 1. The fraction of sp³-hybridized carbons (Fsp3) is 0.875. The molecule has 0 fully saturated rings. The fourth-order valence-corrected chi connectivity index (χ4v) is 1.70. The van der Waals surface area contributed by atoms with Crippen molar-refractivity contribution in [3.63, 3.8) is 0 Å². The minimum absolute atomic E-state index is 0.279. The van der Waals surface area contributed by atoms with E-state index in [0.29, 0.717) is 17.9 Å². The first-order chi connectivity index (χ1) is 5.48. The minimum atomic E-state index is -0.609. The Morgan fingerprint density at radius 1 is 1.67 bits per heavy atom. The second kappa shape index (κ2) is 5.43. The zero-order valence-electron chi connectivity index (χ0n) is 7.67. The molecule has 0 aliphatic rings. The predicted octanol–water partition coefficient (Wildman–Crippen LogP) is 0.756. The van der Waals surface area contributed by atoms with Crippen LogP contribution in [0.3, 0.4) is 0 Å². The van der Waals surface area contributed by atoms with Crippen molar-refractivity contribution in [2.75, 3.05) is 11.5 Å². The molecular formula is C8H17NO2S. The Bertz CT molecular complexity index is 148. The van der Waals surface area contributed by atoms with Crippen molar-refractivity contribution in [1.82, 2.24) is 0 Å². The van der Waals surface area contributed by atoms with Crippen LogP contribution in [0.2, 0.25) is 0 Å². The normalized spacial score (nSPS) is 15.6. The summed E-state index contributed by atoms with van der Waals surface area (Å²) in [5.41, 5.74) is 4.35. The maximum atomic E-state index is 10.3. The average molecular weight is 191 g/mol. The van der Waals surface area contributed by atoms with Gasteiger partial charge in [0.05, 0.1) is 5.60 Å². The van der Waals surface area contributed by atoms with Crippen LogP contribution in [0.1, 0.15) is 26.7 Å². The van der Waals surface area contributed by atoms with Gasteiger partial charge in [-0.1, -0.05) is 6.92 Å². The van der Waals surface area contributed by atoms with Gasteiger partial charge in [-0.15, -0.1) is 0 Å². The Morgan fingerprint density at radius 3 is 2.67 bits per heavy atom. The summed E-state index contributed by atoms with van der Waals surface area (Å²) in [6, 6.07) is 0. The number of aliphatic hydroxyl groups is 1. The fourth-order valence-electron chi connectivity index (χ4n) is 0.567. The molecule has 0 rings (SSSR count). The molecule has 0 aromatic rings. The smallest absolute Gasteiger partial charge is 0.218 e. The van der Waals surface area contributed by atoms with Crippen molar-refractivity contribution in [3.8, 4) is 0 Å². The van der Waals surface area contributed by atoms with Gasteiger partial charge in [0, 0.05) is 17.9 Å². The number of rotatable bonds is 6. The molecule has 0 spiro atoms. The third-order valence-electron chi connectivity index (χ3n) is 1.67. The summed E-state index contributed by atoms with van der Waals surface area (Å²) in [7, 11) is 0. The second-order valence-electron chi connectivity index (χ2n) is 3.12. The Hall–Kier alpha value is -0.220. The van der Waals surface area contributed by atoms with Crippen molar-refractivity contribution in [2.24, 2.45) is 5.73 Å². The molecule has 3 N–H and O–H groups in total. The molecule has 0 aliphatic heterocycles. The number of hydrogen-bond donors (Lipinski definition) is 2. The topological polar surface area (TPSA) is 63.3 Å². The molecule has 72 valence electrons. The minimum Gasteiger partial charge on any atom is -0.389 e. The van der Waals surface area contributed by atoms with E-state index in [1.807, 2.05) is 6.92 Å². The number of thioether (sulfide) groups is 1. The summed E-state index contributed by atoms with van der Waals surface area (Å²) in [5, 5.41) is 9.55. The van der Waals surface area contributed by atoms with Crippen molar-refractivity contribution in [2.45, 2.75) is 32.3 Å². The van der Waals surface area contributed by atoms with Crippen molar-refractivity contribution >= 4 is 17.7 Å². The molecule has 0 saturated heterocycles. The van der Waals surface area contributed by atoms with E-state index in [1.54, 1.807) is 18.7 Å². The number of nitrogens with two attached hydrogens (primary N) is 1. The van der Waals surface area contributed by atoms with Crippen LogP contribution in [0.4, 0.5) is 0 Å². The molecule has 1 atom stereocenters. The third-order valence-corrected chi connectivity index (χ3v) is 2.99. The molecule has 0 radical (unpaired) electrons. The van der Waals surface area contributed by atoms with Gasteiger partial charge in [0.25, 0.3) is 0 Å². The van der Waals surface area contributed by atoms with Crippen LogP contribution in [0, 0.1) is 0 Å². The molecule has 1 amide bonds. The lowest BCUT2D eigenvalue weighted by atomic mass is 10.1. The number of carbonyl (C=O) groups excluding carboxylic acids is 1. The average Bonchev–Trinajstić information content (AvgIpc) is 1.98. The molecule has 4 heteroatoms. The van der Waals surface area contributed by atoms with Gasteiger partial charge in [-0.05, 0) is 13.3 Å². The van der Waals surface area contributed by atoms with Crippen LogP contribution in [0.5, 0.6) is 0 Å². The van der Waals surface area contributed by atoms with E-state index in [2.05, 4.69) is 0 Å². The first kappa shape index (κ1) is 11.8. The lowest BCUT2D eigenvalue weighted by molar-refractivity contribution is -0.117. The van der Waals surface area contributed by atoms with Crippen LogP contribution in [0.25, 0.3) is 0 Å². The molecule has 0 aromatic heterocycles. The molecule has 0 aliphatic carbocycles. The van der Waals surface area contributed by atoms with Crippen molar-refractivity contribution < 1.29 is 9.90 Å². The van der Waals surface area contributed by atoms with Gasteiger partial charge >= 0.3 is 0 Å². The molecule has 3 nitrogen and oxygen atoms in total. The van der Waals surface area contributed by atoms with Crippen LogP contribution >= 0.6 is 11.8 Å². The molecule has 0 bridgehead atoms. The zero-order valence-corrected chi connectivity index (χ0v) is 8.49. The molecule has 0 saturated carbocycles. The predicted molar refractivity (Wildman–Crippen MR) is 52.1 cm³/mol. The number of primary amides is 1. The second-order valence-corrected chi connectivity index (χ2v) is 4.22. The highest BCUT2D eigenvalue weighted by Gasteiger charge is 2.16. The van der Waals surface area contributed by atoms with Gasteiger partial charge in [0.2, 0.25) is 5.91 Å². The monoisotopic (exact) mass is 191 g/mol. The van der Waals surface area contributed by atoms with E-state index in [0.717, 1.165) is 6.42 Å². The molecular weight excluding hydrogens is 174 g/mol. The Labute approximate surface area is 77.7 Å². The Morgan fingerprint density at radius 2 is 2.25 bits per heavy atom. The first-order valence-electron chi connectivity index (χ1n) is 4.06. The highest BCUT2D eigenvalue weighted by Crippen LogP contribution is 2.16. The lowest BCUT2D eigenvalue weighted by Gasteiger charge is -2.20. The number of hydrogen-bond acceptors (Lipinski definition) is 3. The van der Waals surface area contributed by atoms with Gasteiger partial charge in [-0.3, -0.25) is 4.79 Å². The highest BCUT2D eigenvalue weighted by molar-refractivity contribution is 7.99. The maximum Gasteiger partial charge on any atom is 0.218 e. The third kappa shape index (κ3) is 6.49. The van der Waals surface area contributed by atoms with Gasteiger partial charge in [0.15, 0.2) is 0 Å². The van der Waals surface area contributed by atoms with E-state index in [4.69, 9.17) is 5.73 Å². The summed E-state index contributed by atoms with van der Waals surface area (Å²) in [5.74, 6) is 1.08. The largest absolute Gasteiger partial charge is 0.389 e. The lowest BCUT2D eigenvalue weighted by Crippen LogP contribution is -2.26. The first-order valence-corrected chi connectivity index (χ1v) is 5.22. The highest BCUT2D eigenvalue weighted by atomic mass is 32.2. The summed E-state index contributed by atoms with van der Waals surface area (Å²) in [6.45, 7) is 3.74. The van der Waals surface area contributed by atoms with Crippen molar-refractivity contribution in [1.29, 1.82) is 0 Å². The quantitative estimate of drug-likeness (QED) is 0.609. The van der Waals surface area contributed by atoms with Crippen LogP contribution < -0.4 is 5.73 Å². The van der Waals surface area contributed by atoms with E-state index < -0.39 is 5.60 Å². The van der Waals surface area contributed by atoms with Crippen molar-refractivity contribution in [3.05, 3.63) is 0 Å². The van der Waals surface area contributed by atoms with E-state index >= 15 is 0 Å². The van der Waals surface area contributed by atoms with E-state index in [1.165, 1.54) is 0 Å². The maximum absolute atomic E-state index is 10.3. The van der Waals surface area contributed by atoms with Gasteiger partial charge in [-0.25, -0.2) is 0 Å². The zero-order chi connectivity index (χ0) is 9.61. The van der Waals surface area contributed by atoms with Gasteiger partial charge in [-0.2, -0.15) is 11.8 Å². The summed E-state index contributed by atoms with van der Waals surface area (Å²) in [6.07, 6.45) is 1.13. The van der Waals surface area contributed by atoms with Crippen LogP contribution in [-0.2, 0) is 4.79 Å². The standard InChI is InChI=1S/C8H17NO2S/c1-3-8(2,11)6-12-5-4-7(9)10/h11H,3-6H2,1-2H3,(H2,9,10). The molecule has 0 aromatic carbocycles. The molecule has 0 heterocycles. The molecule has 1 unspecified atom stereocenters. The van der Waals surface area contributed by atoms with E-state index in [-0.39, 0.29) is 5.91 Å². The van der Waals surface area contributed by atoms with E-state index in [9.17, 15) is 9.90 Å².